The molecule has 1 aromatic carbocycles. The molecule has 0 aliphatic carbocycles. The molecule has 0 unspecified atom stereocenters. The molecule has 6 nitrogen and oxygen atoms in total. The van der Waals surface area contributed by atoms with Gasteiger partial charge in [-0.25, -0.2) is 0 Å². The van der Waals surface area contributed by atoms with Crippen LogP contribution >= 0.6 is 0 Å². The third-order valence-electron chi connectivity index (χ3n) is 7.61. The highest BCUT2D eigenvalue weighted by molar-refractivity contribution is 5.97. The zero-order valence-corrected chi connectivity index (χ0v) is 22.2. The van der Waals surface area contributed by atoms with Gasteiger partial charge in [0.05, 0.1) is 6.42 Å². The fourth-order valence-corrected chi connectivity index (χ4v) is 5.66. The number of nitrogens with zero attached hydrogens (tertiary/aromatic N) is 2. The number of amides is 1. The van der Waals surface area contributed by atoms with Crippen molar-refractivity contribution in [2.24, 2.45) is 0 Å². The van der Waals surface area contributed by atoms with Crippen LogP contribution in [0.15, 0.2) is 41.2 Å². The van der Waals surface area contributed by atoms with Crippen LogP contribution in [0.3, 0.4) is 0 Å². The molecule has 38 heavy (non-hydrogen) atoms. The van der Waals surface area contributed by atoms with Crippen molar-refractivity contribution in [3.05, 3.63) is 74.7 Å². The second-order valence-corrected chi connectivity index (χ2v) is 10.2. The molecule has 0 spiro atoms. The van der Waals surface area contributed by atoms with E-state index in [1.54, 1.807) is 0 Å². The van der Waals surface area contributed by atoms with Gasteiger partial charge in [-0.05, 0) is 75.3 Å². The van der Waals surface area contributed by atoms with Gasteiger partial charge in [0.15, 0.2) is 0 Å². The minimum absolute atomic E-state index is 0.0412. The Bertz CT molecular complexity index is 1210. The van der Waals surface area contributed by atoms with E-state index in [2.05, 4.69) is 34.3 Å². The minimum atomic E-state index is -4.13. The van der Waals surface area contributed by atoms with Crippen molar-refractivity contribution in [1.29, 1.82) is 0 Å². The zero-order valence-electron chi connectivity index (χ0n) is 22.2. The molecular weight excluding hydrogens is 493 g/mol. The lowest BCUT2D eigenvalue weighted by molar-refractivity contribution is -0.138. The summed E-state index contributed by atoms with van der Waals surface area (Å²) in [6.07, 6.45) is 2.93. The highest BCUT2D eigenvalue weighted by atomic mass is 19.4. The number of hydrogen-bond donors (Lipinski definition) is 2. The van der Waals surface area contributed by atoms with Crippen LogP contribution in [-0.4, -0.2) is 54.2 Å². The standard InChI is InChI=1S/C29H37F3N4O2/c1-3-36(22-12-15-35(16-13-22)17-14-29(30,31)32)26-11-7-10-24-23(26)9-6-4-5-8-21-18-20(2)34-28(38)25(21)19-33-27(24)37/h4,6-7,10-11,18,22H,3,5,8-9,12-17,19H2,1-2H3,(H,33,37)(H,34,38). The number of anilines is 1. The predicted molar refractivity (Wildman–Crippen MR) is 144 cm³/mol. The van der Waals surface area contributed by atoms with E-state index in [-0.39, 0.29) is 30.6 Å². The predicted octanol–water partition coefficient (Wildman–Crippen LogP) is 4.90. The SMILES string of the molecule is CCN(c1cccc2c1CC=CCCc1cc(C)[nH]c(=O)c1CNC2=O)C1CCN(CCC(F)(F)F)CC1. The number of aryl methyl sites for hydroxylation is 2. The first kappa shape index (κ1) is 28.0. The van der Waals surface area contributed by atoms with Gasteiger partial charge in [0, 0.05) is 61.3 Å². The van der Waals surface area contributed by atoms with E-state index in [4.69, 9.17) is 0 Å². The average Bonchev–Trinajstić information content (AvgIpc) is 2.87. The number of allylic oxidation sites excluding steroid dienone is 2. The number of aromatic amines is 1. The Kier molecular flexibility index (Phi) is 8.97. The molecule has 0 radical (unpaired) electrons. The fraction of sp³-hybridized carbons (Fsp3) is 0.517. The van der Waals surface area contributed by atoms with Gasteiger partial charge < -0.3 is 20.1 Å². The summed E-state index contributed by atoms with van der Waals surface area (Å²) in [5, 5.41) is 2.97. The lowest BCUT2D eigenvalue weighted by Crippen LogP contribution is -2.46. The van der Waals surface area contributed by atoms with Crippen molar-refractivity contribution in [2.45, 2.75) is 71.1 Å². The quantitative estimate of drug-likeness (QED) is 0.540. The van der Waals surface area contributed by atoms with Gasteiger partial charge in [-0.2, -0.15) is 13.2 Å². The Morgan fingerprint density at radius 3 is 2.58 bits per heavy atom. The number of H-pyrrole nitrogens is 1. The van der Waals surface area contributed by atoms with Crippen molar-refractivity contribution >= 4 is 11.6 Å². The van der Waals surface area contributed by atoms with E-state index in [9.17, 15) is 22.8 Å². The molecule has 1 aromatic heterocycles. The third kappa shape index (κ3) is 6.87. The summed E-state index contributed by atoms with van der Waals surface area (Å²) in [6.45, 7) is 6.11. The maximum atomic E-state index is 13.4. The molecule has 4 rings (SSSR count). The van der Waals surface area contributed by atoms with E-state index in [1.165, 1.54) is 0 Å². The summed E-state index contributed by atoms with van der Waals surface area (Å²) in [6, 6.07) is 7.91. The molecule has 2 aromatic rings. The molecule has 0 atom stereocenters. The maximum Gasteiger partial charge on any atom is 0.390 e. The fourth-order valence-electron chi connectivity index (χ4n) is 5.66. The number of carbonyl (C=O) groups excluding carboxylic acids is 1. The Labute approximate surface area is 221 Å². The molecular formula is C29H37F3N4O2. The summed E-state index contributed by atoms with van der Waals surface area (Å²) in [4.78, 5) is 33.0. The maximum absolute atomic E-state index is 13.4. The highest BCUT2D eigenvalue weighted by Gasteiger charge is 2.31. The van der Waals surface area contributed by atoms with Crippen molar-refractivity contribution in [1.82, 2.24) is 15.2 Å². The van der Waals surface area contributed by atoms with Crippen molar-refractivity contribution < 1.29 is 18.0 Å². The Hall–Kier alpha value is -3.07. The molecule has 3 heterocycles. The molecule has 2 aliphatic rings. The smallest absolute Gasteiger partial charge is 0.368 e. The van der Waals surface area contributed by atoms with Gasteiger partial charge in [0.2, 0.25) is 0 Å². The number of carbonyl (C=O) groups is 1. The number of pyridine rings is 1. The molecule has 0 saturated carbocycles. The number of hydrogen-bond acceptors (Lipinski definition) is 4. The molecule has 0 bridgehead atoms. The first-order valence-corrected chi connectivity index (χ1v) is 13.5. The summed E-state index contributed by atoms with van der Waals surface area (Å²) >= 11 is 0. The van der Waals surface area contributed by atoms with Crippen LogP contribution in [0.5, 0.6) is 0 Å². The van der Waals surface area contributed by atoms with E-state index in [0.717, 1.165) is 54.7 Å². The summed E-state index contributed by atoms with van der Waals surface area (Å²) < 4.78 is 38.0. The van der Waals surface area contributed by atoms with Crippen molar-refractivity contribution in [3.63, 3.8) is 0 Å². The van der Waals surface area contributed by atoms with Gasteiger partial charge >= 0.3 is 6.18 Å². The first-order valence-electron chi connectivity index (χ1n) is 13.5. The van der Waals surface area contributed by atoms with E-state index < -0.39 is 12.6 Å². The number of likely N-dealkylation sites (tertiary alicyclic amines) is 1. The van der Waals surface area contributed by atoms with E-state index >= 15 is 0 Å². The summed E-state index contributed by atoms with van der Waals surface area (Å²) in [5.41, 5.74) is 4.67. The number of rotatable bonds is 5. The topological polar surface area (TPSA) is 68.4 Å². The number of piperidine rings is 1. The van der Waals surface area contributed by atoms with Crippen LogP contribution in [0.4, 0.5) is 18.9 Å². The molecule has 206 valence electrons. The highest BCUT2D eigenvalue weighted by Crippen LogP contribution is 2.31. The van der Waals surface area contributed by atoms with Crippen LogP contribution in [0.1, 0.15) is 65.3 Å². The monoisotopic (exact) mass is 530 g/mol. The van der Waals surface area contributed by atoms with E-state index in [1.807, 2.05) is 36.1 Å². The third-order valence-corrected chi connectivity index (χ3v) is 7.61. The number of aromatic nitrogens is 1. The van der Waals surface area contributed by atoms with Gasteiger partial charge in [-0.1, -0.05) is 18.2 Å². The second-order valence-electron chi connectivity index (χ2n) is 10.2. The van der Waals surface area contributed by atoms with Crippen LogP contribution < -0.4 is 15.8 Å². The van der Waals surface area contributed by atoms with Crippen LogP contribution in [0.25, 0.3) is 0 Å². The Morgan fingerprint density at radius 2 is 1.87 bits per heavy atom. The minimum Gasteiger partial charge on any atom is -0.368 e. The Balaban J connectivity index is 1.56. The average molecular weight is 531 g/mol. The van der Waals surface area contributed by atoms with Crippen molar-refractivity contribution in [2.75, 3.05) is 31.1 Å². The number of benzene rings is 1. The van der Waals surface area contributed by atoms with Crippen LogP contribution in [-0.2, 0) is 19.4 Å². The Morgan fingerprint density at radius 1 is 1.11 bits per heavy atom. The van der Waals surface area contributed by atoms with Gasteiger partial charge in [-0.3, -0.25) is 9.59 Å². The first-order chi connectivity index (χ1) is 18.2. The lowest BCUT2D eigenvalue weighted by Gasteiger charge is -2.40. The summed E-state index contributed by atoms with van der Waals surface area (Å²) in [5.74, 6) is -0.222. The molecule has 1 fully saturated rings. The van der Waals surface area contributed by atoms with Crippen molar-refractivity contribution in [3.8, 4) is 0 Å². The summed E-state index contributed by atoms with van der Waals surface area (Å²) in [7, 11) is 0. The normalized spacial score (nSPS) is 17.7. The van der Waals surface area contributed by atoms with Gasteiger partial charge in [0.1, 0.15) is 0 Å². The second kappa shape index (κ2) is 12.2. The zero-order chi connectivity index (χ0) is 27.3. The van der Waals surface area contributed by atoms with Gasteiger partial charge in [0.25, 0.3) is 11.5 Å². The number of halogens is 3. The van der Waals surface area contributed by atoms with Crippen LogP contribution in [0, 0.1) is 6.92 Å². The molecule has 2 aliphatic heterocycles. The molecule has 9 heteroatoms. The van der Waals surface area contributed by atoms with Gasteiger partial charge in [-0.15, -0.1) is 0 Å². The largest absolute Gasteiger partial charge is 0.390 e. The molecule has 1 amide bonds. The molecule has 2 N–H and O–H groups in total. The molecule has 1 saturated heterocycles. The number of alkyl halides is 3. The lowest BCUT2D eigenvalue weighted by atomic mass is 9.95. The van der Waals surface area contributed by atoms with Crippen LogP contribution in [0.2, 0.25) is 0 Å². The number of nitrogens with one attached hydrogen (secondary N) is 2. The van der Waals surface area contributed by atoms with E-state index in [0.29, 0.717) is 30.6 Å². The number of fused-ring (bicyclic) bond motifs is 2.